The minimum absolute atomic E-state index is 0.174. The molecule has 2 aromatic rings. The van der Waals surface area contributed by atoms with Crippen LogP contribution < -0.4 is 15.4 Å². The van der Waals surface area contributed by atoms with Crippen molar-refractivity contribution in [2.75, 3.05) is 17.7 Å². The minimum Gasteiger partial charge on any atom is -0.480 e. The van der Waals surface area contributed by atoms with E-state index in [-0.39, 0.29) is 17.7 Å². The van der Waals surface area contributed by atoms with E-state index in [1.807, 2.05) is 0 Å². The molecule has 108 valence electrons. The summed E-state index contributed by atoms with van der Waals surface area (Å²) in [5, 5.41) is 5.39. The zero-order valence-electron chi connectivity index (χ0n) is 11.7. The van der Waals surface area contributed by atoms with Gasteiger partial charge < -0.3 is 15.4 Å². The molecule has 2 N–H and O–H groups in total. The molecule has 1 heterocycles. The number of rotatable bonds is 4. The van der Waals surface area contributed by atoms with Gasteiger partial charge in [-0.1, -0.05) is 6.07 Å². The Labute approximate surface area is 122 Å². The number of hydrogen-bond donors (Lipinski definition) is 2. The number of nitrogens with zero attached hydrogens (tertiary/aromatic N) is 1. The van der Waals surface area contributed by atoms with Crippen molar-refractivity contribution in [1.29, 1.82) is 0 Å². The van der Waals surface area contributed by atoms with Crippen molar-refractivity contribution in [2.24, 2.45) is 0 Å². The van der Waals surface area contributed by atoms with Gasteiger partial charge in [-0.3, -0.25) is 9.59 Å². The number of pyridine rings is 1. The van der Waals surface area contributed by atoms with Crippen LogP contribution in [0.1, 0.15) is 17.3 Å². The van der Waals surface area contributed by atoms with Crippen molar-refractivity contribution < 1.29 is 14.3 Å². The number of anilines is 2. The Kier molecular flexibility index (Phi) is 4.50. The molecular formula is C15H15N3O3. The quantitative estimate of drug-likeness (QED) is 0.903. The lowest BCUT2D eigenvalue weighted by Gasteiger charge is -2.09. The lowest BCUT2D eigenvalue weighted by atomic mass is 10.2. The first kappa shape index (κ1) is 14.5. The normalized spacial score (nSPS) is 9.81. The fourth-order valence-electron chi connectivity index (χ4n) is 1.80. The van der Waals surface area contributed by atoms with Crippen LogP contribution in [0.15, 0.2) is 42.6 Å². The smallest absolute Gasteiger partial charge is 0.261 e. The summed E-state index contributed by atoms with van der Waals surface area (Å²) in [4.78, 5) is 27.2. The van der Waals surface area contributed by atoms with E-state index in [1.165, 1.54) is 14.0 Å². The predicted molar refractivity (Wildman–Crippen MR) is 79.5 cm³/mol. The highest BCUT2D eigenvalue weighted by molar-refractivity contribution is 6.06. The first-order valence-electron chi connectivity index (χ1n) is 6.28. The molecule has 6 heteroatoms. The molecule has 21 heavy (non-hydrogen) atoms. The monoisotopic (exact) mass is 285 g/mol. The number of ether oxygens (including phenoxy) is 1. The first-order valence-corrected chi connectivity index (χ1v) is 6.28. The molecule has 0 unspecified atom stereocenters. The summed E-state index contributed by atoms with van der Waals surface area (Å²) < 4.78 is 5.05. The molecule has 0 radical (unpaired) electrons. The average Bonchev–Trinajstić information content (AvgIpc) is 2.46. The zero-order valence-corrected chi connectivity index (χ0v) is 11.7. The molecule has 2 rings (SSSR count). The Hall–Kier alpha value is -2.89. The standard InChI is InChI=1S/C15H15N3O3/c1-10(19)17-11-5-3-6-12(9-11)18-14(20)13-7-4-8-16-15(13)21-2/h3-9H,1-2H3,(H,17,19)(H,18,20). The van der Waals surface area contributed by atoms with Gasteiger partial charge in [0.2, 0.25) is 11.8 Å². The third-order valence-electron chi connectivity index (χ3n) is 2.65. The molecule has 0 aliphatic carbocycles. The molecule has 0 aliphatic rings. The maximum Gasteiger partial charge on any atom is 0.261 e. The first-order chi connectivity index (χ1) is 10.1. The molecule has 0 saturated heterocycles. The van der Waals surface area contributed by atoms with Gasteiger partial charge >= 0.3 is 0 Å². The Balaban J connectivity index is 2.17. The van der Waals surface area contributed by atoms with Gasteiger partial charge in [0.15, 0.2) is 0 Å². The lowest BCUT2D eigenvalue weighted by Crippen LogP contribution is -2.14. The van der Waals surface area contributed by atoms with Crippen molar-refractivity contribution in [2.45, 2.75) is 6.92 Å². The Morgan fingerprint density at radius 2 is 1.81 bits per heavy atom. The van der Waals surface area contributed by atoms with E-state index in [4.69, 9.17) is 4.74 Å². The van der Waals surface area contributed by atoms with E-state index in [9.17, 15) is 9.59 Å². The summed E-state index contributed by atoms with van der Waals surface area (Å²) >= 11 is 0. The van der Waals surface area contributed by atoms with E-state index in [0.717, 1.165) is 0 Å². The summed E-state index contributed by atoms with van der Waals surface area (Å²) in [6.45, 7) is 1.42. The molecule has 1 aromatic heterocycles. The second-order valence-corrected chi connectivity index (χ2v) is 4.28. The number of methoxy groups -OCH3 is 1. The molecule has 6 nitrogen and oxygen atoms in total. The highest BCUT2D eigenvalue weighted by Gasteiger charge is 2.13. The van der Waals surface area contributed by atoms with Gasteiger partial charge in [-0.05, 0) is 30.3 Å². The van der Waals surface area contributed by atoms with Crippen molar-refractivity contribution in [3.05, 3.63) is 48.2 Å². The molecule has 0 atom stereocenters. The minimum atomic E-state index is -0.333. The number of amides is 2. The highest BCUT2D eigenvalue weighted by Crippen LogP contribution is 2.19. The van der Waals surface area contributed by atoms with Crippen LogP contribution in [0, 0.1) is 0 Å². The second kappa shape index (κ2) is 6.51. The van der Waals surface area contributed by atoms with Crippen LogP contribution in [0.2, 0.25) is 0 Å². The topological polar surface area (TPSA) is 80.3 Å². The Morgan fingerprint density at radius 1 is 1.10 bits per heavy atom. The van der Waals surface area contributed by atoms with Gasteiger partial charge in [-0.2, -0.15) is 0 Å². The van der Waals surface area contributed by atoms with E-state index in [1.54, 1.807) is 42.6 Å². The Bertz CT molecular complexity index is 671. The maximum atomic E-state index is 12.2. The highest BCUT2D eigenvalue weighted by atomic mass is 16.5. The lowest BCUT2D eigenvalue weighted by molar-refractivity contribution is -0.114. The summed E-state index contributed by atoms with van der Waals surface area (Å²) in [5.74, 6) is -0.250. The summed E-state index contributed by atoms with van der Waals surface area (Å²) in [6, 6.07) is 10.2. The van der Waals surface area contributed by atoms with Crippen LogP contribution in [0.25, 0.3) is 0 Å². The molecule has 0 aliphatic heterocycles. The van der Waals surface area contributed by atoms with Crippen molar-refractivity contribution in [3.8, 4) is 5.88 Å². The zero-order chi connectivity index (χ0) is 15.2. The van der Waals surface area contributed by atoms with E-state index >= 15 is 0 Å². The molecule has 1 aromatic carbocycles. The van der Waals surface area contributed by atoms with Crippen molar-refractivity contribution >= 4 is 23.2 Å². The van der Waals surface area contributed by atoms with Crippen LogP contribution in [-0.4, -0.2) is 23.9 Å². The van der Waals surface area contributed by atoms with E-state index < -0.39 is 0 Å². The number of aromatic nitrogens is 1. The average molecular weight is 285 g/mol. The molecule has 0 saturated carbocycles. The van der Waals surface area contributed by atoms with E-state index in [0.29, 0.717) is 16.9 Å². The van der Waals surface area contributed by atoms with Gasteiger partial charge in [0.05, 0.1) is 7.11 Å². The van der Waals surface area contributed by atoms with Gasteiger partial charge in [0.25, 0.3) is 5.91 Å². The number of carbonyl (C=O) groups excluding carboxylic acids is 2. The predicted octanol–water partition coefficient (Wildman–Crippen LogP) is 2.30. The fraction of sp³-hybridized carbons (Fsp3) is 0.133. The van der Waals surface area contributed by atoms with Crippen molar-refractivity contribution in [3.63, 3.8) is 0 Å². The molecule has 0 spiro atoms. The van der Waals surface area contributed by atoms with Gasteiger partial charge in [0.1, 0.15) is 5.56 Å². The van der Waals surface area contributed by atoms with Gasteiger partial charge in [-0.15, -0.1) is 0 Å². The number of carbonyl (C=O) groups is 2. The van der Waals surface area contributed by atoms with Crippen LogP contribution in [0.3, 0.4) is 0 Å². The summed E-state index contributed by atoms with van der Waals surface area (Å²) in [5.41, 5.74) is 1.51. The SMILES string of the molecule is COc1ncccc1C(=O)Nc1cccc(NC(C)=O)c1. The molecule has 0 bridgehead atoms. The third-order valence-corrected chi connectivity index (χ3v) is 2.65. The molecule has 2 amide bonds. The fourth-order valence-corrected chi connectivity index (χ4v) is 1.80. The molecule has 0 fully saturated rings. The van der Waals surface area contributed by atoms with Crippen LogP contribution in [0.4, 0.5) is 11.4 Å². The van der Waals surface area contributed by atoms with E-state index in [2.05, 4.69) is 15.6 Å². The maximum absolute atomic E-state index is 12.2. The third kappa shape index (κ3) is 3.79. The number of hydrogen-bond acceptors (Lipinski definition) is 4. The van der Waals surface area contributed by atoms with Crippen LogP contribution >= 0.6 is 0 Å². The summed E-state index contributed by atoms with van der Waals surface area (Å²) in [6.07, 6.45) is 1.55. The van der Waals surface area contributed by atoms with Gasteiger partial charge in [0, 0.05) is 24.5 Å². The molecular weight excluding hydrogens is 270 g/mol. The Morgan fingerprint density at radius 3 is 2.48 bits per heavy atom. The summed E-state index contributed by atoms with van der Waals surface area (Å²) in [7, 11) is 1.45. The number of benzene rings is 1. The van der Waals surface area contributed by atoms with Crippen LogP contribution in [-0.2, 0) is 4.79 Å². The second-order valence-electron chi connectivity index (χ2n) is 4.28. The number of nitrogens with one attached hydrogen (secondary N) is 2. The largest absolute Gasteiger partial charge is 0.480 e. The van der Waals surface area contributed by atoms with Crippen molar-refractivity contribution in [1.82, 2.24) is 4.98 Å². The van der Waals surface area contributed by atoms with Gasteiger partial charge in [-0.25, -0.2) is 4.98 Å². The van der Waals surface area contributed by atoms with Crippen LogP contribution in [0.5, 0.6) is 5.88 Å².